The molecule has 0 saturated carbocycles. The van der Waals surface area contributed by atoms with E-state index in [4.69, 9.17) is 5.73 Å². The minimum absolute atomic E-state index is 0.262. The summed E-state index contributed by atoms with van der Waals surface area (Å²) in [6.45, 7) is 0. The summed E-state index contributed by atoms with van der Waals surface area (Å²) in [6, 6.07) is 9.18. The average Bonchev–Trinajstić information content (AvgIpc) is 2.39. The Bertz CT molecular complexity index is 596. The van der Waals surface area contributed by atoms with Gasteiger partial charge in [0.2, 0.25) is 0 Å². The number of rotatable bonds is 3. The fourth-order valence-corrected chi connectivity index (χ4v) is 1.66. The lowest BCUT2D eigenvalue weighted by atomic mass is 10.2. The second-order valence-electron chi connectivity index (χ2n) is 4.36. The molecule has 0 fully saturated rings. The normalized spacial score (nSPS) is 10.0. The summed E-state index contributed by atoms with van der Waals surface area (Å²) >= 11 is 0. The SMILES string of the molecule is CN(C)c1cccc(NC(=O)c2cnccc2N)c1. The molecular weight excluding hydrogens is 240 g/mol. The molecule has 0 radical (unpaired) electrons. The quantitative estimate of drug-likeness (QED) is 0.881. The Hall–Kier alpha value is -2.56. The smallest absolute Gasteiger partial charge is 0.259 e. The first-order chi connectivity index (χ1) is 9.08. The van der Waals surface area contributed by atoms with Gasteiger partial charge < -0.3 is 16.0 Å². The fraction of sp³-hybridized carbons (Fsp3) is 0.143. The molecule has 5 heteroatoms. The lowest BCUT2D eigenvalue weighted by Crippen LogP contribution is -2.15. The standard InChI is InChI=1S/C14H16N4O/c1-18(2)11-5-3-4-10(8-11)17-14(19)12-9-16-7-6-13(12)15/h3-9H,1-2H3,(H2,15,16)(H,17,19). The van der Waals surface area contributed by atoms with Crippen molar-refractivity contribution in [2.75, 3.05) is 30.0 Å². The van der Waals surface area contributed by atoms with Crippen molar-refractivity contribution < 1.29 is 4.79 Å². The first-order valence-electron chi connectivity index (χ1n) is 5.86. The maximum absolute atomic E-state index is 12.1. The van der Waals surface area contributed by atoms with E-state index in [1.54, 1.807) is 12.3 Å². The van der Waals surface area contributed by atoms with Gasteiger partial charge in [0.25, 0.3) is 5.91 Å². The molecule has 1 aromatic heterocycles. The third kappa shape index (κ3) is 3.01. The number of benzene rings is 1. The molecule has 2 aromatic rings. The second kappa shape index (κ2) is 5.39. The Labute approximate surface area is 112 Å². The molecule has 3 N–H and O–H groups in total. The molecule has 19 heavy (non-hydrogen) atoms. The number of nitrogens with two attached hydrogens (primary N) is 1. The van der Waals surface area contributed by atoms with Crippen molar-refractivity contribution in [3.05, 3.63) is 48.3 Å². The van der Waals surface area contributed by atoms with Crippen LogP contribution in [0.2, 0.25) is 0 Å². The summed E-state index contributed by atoms with van der Waals surface area (Å²) in [5.41, 5.74) is 8.26. The minimum Gasteiger partial charge on any atom is -0.398 e. The third-order valence-corrected chi connectivity index (χ3v) is 2.72. The van der Waals surface area contributed by atoms with Gasteiger partial charge in [-0.25, -0.2) is 0 Å². The predicted molar refractivity (Wildman–Crippen MR) is 77.4 cm³/mol. The Kier molecular flexibility index (Phi) is 3.66. The molecule has 0 unspecified atom stereocenters. The van der Waals surface area contributed by atoms with Crippen molar-refractivity contribution in [1.29, 1.82) is 0 Å². The third-order valence-electron chi connectivity index (χ3n) is 2.72. The van der Waals surface area contributed by atoms with Crippen molar-refractivity contribution in [2.45, 2.75) is 0 Å². The Morgan fingerprint density at radius 2 is 2.11 bits per heavy atom. The van der Waals surface area contributed by atoms with Crippen LogP contribution in [0.4, 0.5) is 17.1 Å². The van der Waals surface area contributed by atoms with Crippen LogP contribution in [0.1, 0.15) is 10.4 Å². The average molecular weight is 256 g/mol. The summed E-state index contributed by atoms with van der Waals surface area (Å²) < 4.78 is 0. The summed E-state index contributed by atoms with van der Waals surface area (Å²) in [7, 11) is 3.89. The number of nitrogen functional groups attached to an aromatic ring is 1. The number of carbonyl (C=O) groups excluding carboxylic acids is 1. The highest BCUT2D eigenvalue weighted by Crippen LogP contribution is 2.19. The highest BCUT2D eigenvalue weighted by atomic mass is 16.1. The number of nitrogens with zero attached hydrogens (tertiary/aromatic N) is 2. The van der Waals surface area contributed by atoms with Gasteiger partial charge in [-0.2, -0.15) is 0 Å². The Balaban J connectivity index is 2.20. The summed E-state index contributed by atoms with van der Waals surface area (Å²) in [4.78, 5) is 17.9. The molecule has 0 aliphatic heterocycles. The number of amides is 1. The van der Waals surface area contributed by atoms with Crippen LogP contribution in [-0.2, 0) is 0 Å². The number of hydrogen-bond acceptors (Lipinski definition) is 4. The fourth-order valence-electron chi connectivity index (χ4n) is 1.66. The molecule has 0 aliphatic rings. The van der Waals surface area contributed by atoms with E-state index in [-0.39, 0.29) is 5.91 Å². The van der Waals surface area contributed by atoms with Gasteiger partial charge in [-0.1, -0.05) is 6.07 Å². The van der Waals surface area contributed by atoms with Crippen molar-refractivity contribution in [3.63, 3.8) is 0 Å². The topological polar surface area (TPSA) is 71.2 Å². The molecule has 0 atom stereocenters. The summed E-state index contributed by atoms with van der Waals surface area (Å²) in [5.74, 6) is -0.262. The van der Waals surface area contributed by atoms with Crippen LogP contribution < -0.4 is 16.0 Å². The number of pyridine rings is 1. The molecular formula is C14H16N4O. The van der Waals surface area contributed by atoms with Gasteiger partial charge in [0.15, 0.2) is 0 Å². The van der Waals surface area contributed by atoms with Gasteiger partial charge in [-0.3, -0.25) is 9.78 Å². The number of nitrogens with one attached hydrogen (secondary N) is 1. The van der Waals surface area contributed by atoms with Gasteiger partial charge in [-0.15, -0.1) is 0 Å². The Morgan fingerprint density at radius 1 is 1.32 bits per heavy atom. The summed E-state index contributed by atoms with van der Waals surface area (Å²) in [5, 5.41) is 2.81. The van der Waals surface area contributed by atoms with Gasteiger partial charge in [-0.05, 0) is 24.3 Å². The van der Waals surface area contributed by atoms with E-state index in [2.05, 4.69) is 10.3 Å². The van der Waals surface area contributed by atoms with Crippen LogP contribution in [0, 0.1) is 0 Å². The highest BCUT2D eigenvalue weighted by molar-refractivity contribution is 6.07. The van der Waals surface area contributed by atoms with E-state index in [1.807, 2.05) is 43.3 Å². The zero-order valence-electron chi connectivity index (χ0n) is 10.9. The number of hydrogen-bond donors (Lipinski definition) is 2. The van der Waals surface area contributed by atoms with Gasteiger partial charge in [0, 0.05) is 43.6 Å². The first-order valence-corrected chi connectivity index (χ1v) is 5.86. The molecule has 0 bridgehead atoms. The number of aromatic nitrogens is 1. The molecule has 1 heterocycles. The van der Waals surface area contributed by atoms with Crippen LogP contribution in [0.5, 0.6) is 0 Å². The second-order valence-corrected chi connectivity index (χ2v) is 4.36. The predicted octanol–water partition coefficient (Wildman–Crippen LogP) is 1.98. The highest BCUT2D eigenvalue weighted by Gasteiger charge is 2.10. The van der Waals surface area contributed by atoms with Gasteiger partial charge in [0.1, 0.15) is 0 Å². The number of carbonyl (C=O) groups is 1. The van der Waals surface area contributed by atoms with E-state index in [1.165, 1.54) is 6.20 Å². The molecule has 5 nitrogen and oxygen atoms in total. The Morgan fingerprint density at radius 3 is 2.79 bits per heavy atom. The lowest BCUT2D eigenvalue weighted by Gasteiger charge is -2.14. The van der Waals surface area contributed by atoms with Crippen LogP contribution in [0.3, 0.4) is 0 Å². The van der Waals surface area contributed by atoms with Gasteiger partial charge in [0.05, 0.1) is 5.56 Å². The lowest BCUT2D eigenvalue weighted by molar-refractivity contribution is 0.102. The molecule has 98 valence electrons. The van der Waals surface area contributed by atoms with Crippen LogP contribution in [0.15, 0.2) is 42.7 Å². The number of anilines is 3. The maximum atomic E-state index is 12.1. The molecule has 1 amide bonds. The first kappa shape index (κ1) is 12.9. The van der Waals surface area contributed by atoms with Crippen LogP contribution >= 0.6 is 0 Å². The van der Waals surface area contributed by atoms with E-state index < -0.39 is 0 Å². The van der Waals surface area contributed by atoms with Crippen molar-refractivity contribution in [3.8, 4) is 0 Å². The summed E-state index contributed by atoms with van der Waals surface area (Å²) in [6.07, 6.45) is 3.01. The molecule has 2 rings (SSSR count). The largest absolute Gasteiger partial charge is 0.398 e. The van der Waals surface area contributed by atoms with Crippen LogP contribution in [-0.4, -0.2) is 25.0 Å². The van der Waals surface area contributed by atoms with E-state index in [9.17, 15) is 4.79 Å². The maximum Gasteiger partial charge on any atom is 0.259 e. The molecule has 0 spiro atoms. The molecule has 0 saturated heterocycles. The van der Waals surface area contributed by atoms with E-state index >= 15 is 0 Å². The molecule has 0 aliphatic carbocycles. The van der Waals surface area contributed by atoms with E-state index in [0.29, 0.717) is 11.3 Å². The monoisotopic (exact) mass is 256 g/mol. The minimum atomic E-state index is -0.262. The van der Waals surface area contributed by atoms with Crippen molar-refractivity contribution >= 4 is 23.0 Å². The van der Waals surface area contributed by atoms with Gasteiger partial charge >= 0.3 is 0 Å². The van der Waals surface area contributed by atoms with E-state index in [0.717, 1.165) is 11.4 Å². The van der Waals surface area contributed by atoms with Crippen LogP contribution in [0.25, 0.3) is 0 Å². The zero-order chi connectivity index (χ0) is 13.8. The zero-order valence-corrected chi connectivity index (χ0v) is 10.9. The van der Waals surface area contributed by atoms with Crippen molar-refractivity contribution in [1.82, 2.24) is 4.98 Å². The molecule has 1 aromatic carbocycles. The van der Waals surface area contributed by atoms with Crippen molar-refractivity contribution in [2.24, 2.45) is 0 Å².